The number of hydrogen-bond donors (Lipinski definition) is 0. The second kappa shape index (κ2) is 6.86. The van der Waals surface area contributed by atoms with Crippen molar-refractivity contribution in [2.75, 3.05) is 14.2 Å². The molecule has 0 N–H and O–H groups in total. The summed E-state index contributed by atoms with van der Waals surface area (Å²) in [4.78, 5) is 0. The van der Waals surface area contributed by atoms with E-state index in [2.05, 4.69) is 15.9 Å². The zero-order valence-electron chi connectivity index (χ0n) is 11.3. The summed E-state index contributed by atoms with van der Waals surface area (Å²) < 4.78 is 24.5. The molecule has 0 spiro atoms. The highest BCUT2D eigenvalue weighted by Crippen LogP contribution is 2.41. The van der Waals surface area contributed by atoms with Crippen molar-refractivity contribution in [3.8, 4) is 11.5 Å². The monoisotopic (exact) mass is 392 g/mol. The first kappa shape index (κ1) is 16.4. The van der Waals surface area contributed by atoms with Crippen LogP contribution in [-0.4, -0.2) is 14.2 Å². The topological polar surface area (TPSA) is 18.5 Å². The fourth-order valence-corrected chi connectivity index (χ4v) is 3.07. The van der Waals surface area contributed by atoms with E-state index in [4.69, 9.17) is 32.7 Å². The minimum Gasteiger partial charge on any atom is -0.493 e. The van der Waals surface area contributed by atoms with E-state index in [-0.39, 0.29) is 5.82 Å². The lowest BCUT2D eigenvalue weighted by Gasteiger charge is -2.16. The van der Waals surface area contributed by atoms with E-state index < -0.39 is 5.38 Å². The Morgan fingerprint density at radius 1 is 1.05 bits per heavy atom. The molecular formula is C15H12BrCl2FO2. The van der Waals surface area contributed by atoms with Crippen molar-refractivity contribution in [2.24, 2.45) is 0 Å². The fraction of sp³-hybridized carbons (Fsp3) is 0.200. The molecule has 0 bridgehead atoms. The van der Waals surface area contributed by atoms with Gasteiger partial charge in [0, 0.05) is 15.6 Å². The number of halogens is 4. The molecule has 0 saturated carbocycles. The Morgan fingerprint density at radius 2 is 1.67 bits per heavy atom. The van der Waals surface area contributed by atoms with Gasteiger partial charge >= 0.3 is 0 Å². The predicted octanol–water partition coefficient (Wildman–Crippen LogP) is 5.59. The maximum atomic E-state index is 13.5. The van der Waals surface area contributed by atoms with Crippen molar-refractivity contribution in [3.63, 3.8) is 0 Å². The zero-order valence-corrected chi connectivity index (χ0v) is 14.4. The number of ether oxygens (including phenoxy) is 2. The van der Waals surface area contributed by atoms with E-state index in [1.807, 2.05) is 0 Å². The van der Waals surface area contributed by atoms with Crippen molar-refractivity contribution in [1.82, 2.24) is 0 Å². The second-order valence-corrected chi connectivity index (χ2v) is 6.05. The fourth-order valence-electron chi connectivity index (χ4n) is 1.97. The summed E-state index contributed by atoms with van der Waals surface area (Å²) in [6.45, 7) is 0. The van der Waals surface area contributed by atoms with Gasteiger partial charge in [0.25, 0.3) is 0 Å². The van der Waals surface area contributed by atoms with Crippen LogP contribution in [0.15, 0.2) is 34.8 Å². The first-order chi connectivity index (χ1) is 9.96. The number of methoxy groups -OCH3 is 2. The third kappa shape index (κ3) is 3.62. The molecule has 2 nitrogen and oxygen atoms in total. The second-order valence-electron chi connectivity index (χ2n) is 4.29. The molecule has 0 amide bonds. The molecule has 0 aliphatic heterocycles. The third-order valence-corrected chi connectivity index (χ3v) is 4.23. The summed E-state index contributed by atoms with van der Waals surface area (Å²) in [5.41, 5.74) is 1.21. The molecule has 2 aromatic carbocycles. The maximum Gasteiger partial charge on any atom is 0.162 e. The molecule has 0 aliphatic rings. The molecule has 1 atom stereocenters. The van der Waals surface area contributed by atoms with Crippen LogP contribution in [-0.2, 0) is 0 Å². The summed E-state index contributed by atoms with van der Waals surface area (Å²) >= 11 is 15.9. The first-order valence-corrected chi connectivity index (χ1v) is 7.58. The average Bonchev–Trinajstić information content (AvgIpc) is 2.45. The highest BCUT2D eigenvalue weighted by Gasteiger charge is 2.19. The molecule has 1 unspecified atom stereocenters. The molecule has 0 aliphatic carbocycles. The van der Waals surface area contributed by atoms with Gasteiger partial charge in [-0.15, -0.1) is 11.6 Å². The smallest absolute Gasteiger partial charge is 0.162 e. The van der Waals surface area contributed by atoms with Gasteiger partial charge in [-0.05, 0) is 35.4 Å². The van der Waals surface area contributed by atoms with Gasteiger partial charge in [-0.3, -0.25) is 0 Å². The Morgan fingerprint density at radius 3 is 2.24 bits per heavy atom. The number of benzene rings is 2. The van der Waals surface area contributed by atoms with Crippen LogP contribution < -0.4 is 9.47 Å². The summed E-state index contributed by atoms with van der Waals surface area (Å²) in [7, 11) is 3.05. The summed E-state index contributed by atoms with van der Waals surface area (Å²) in [5.74, 6) is 0.648. The first-order valence-electron chi connectivity index (χ1n) is 5.97. The molecule has 2 rings (SSSR count). The van der Waals surface area contributed by atoms with Gasteiger partial charge < -0.3 is 9.47 Å². The van der Waals surface area contributed by atoms with Gasteiger partial charge in [0.1, 0.15) is 5.82 Å². The van der Waals surface area contributed by atoms with Gasteiger partial charge in [0.2, 0.25) is 0 Å². The Labute approximate surface area is 140 Å². The highest BCUT2D eigenvalue weighted by atomic mass is 79.9. The van der Waals surface area contributed by atoms with Crippen molar-refractivity contribution < 1.29 is 13.9 Å². The Kier molecular flexibility index (Phi) is 5.36. The van der Waals surface area contributed by atoms with Crippen molar-refractivity contribution >= 4 is 39.1 Å². The van der Waals surface area contributed by atoms with Gasteiger partial charge in [0.05, 0.1) is 19.6 Å². The van der Waals surface area contributed by atoms with Gasteiger partial charge in [0.15, 0.2) is 11.5 Å². The Bertz CT molecular complexity index is 644. The van der Waals surface area contributed by atoms with E-state index in [1.165, 1.54) is 26.4 Å². The minimum absolute atomic E-state index is 0.373. The lowest BCUT2D eigenvalue weighted by atomic mass is 10.0. The molecular weight excluding hydrogens is 382 g/mol. The van der Waals surface area contributed by atoms with Crippen LogP contribution in [0.2, 0.25) is 5.02 Å². The van der Waals surface area contributed by atoms with Crippen molar-refractivity contribution in [2.45, 2.75) is 5.38 Å². The van der Waals surface area contributed by atoms with Gasteiger partial charge in [-0.1, -0.05) is 27.5 Å². The van der Waals surface area contributed by atoms with Crippen LogP contribution in [0.3, 0.4) is 0 Å². The number of alkyl halides is 1. The lowest BCUT2D eigenvalue weighted by Crippen LogP contribution is -1.98. The molecule has 0 saturated heterocycles. The average molecular weight is 394 g/mol. The maximum absolute atomic E-state index is 13.5. The SMILES string of the molecule is COc1cc(Cl)c(C(Cl)c2cc(F)cc(Br)c2)cc1OC. The zero-order chi connectivity index (χ0) is 15.6. The molecule has 6 heteroatoms. The van der Waals surface area contributed by atoms with E-state index >= 15 is 0 Å². The van der Waals surface area contributed by atoms with E-state index in [1.54, 1.807) is 18.2 Å². The van der Waals surface area contributed by atoms with Crippen molar-refractivity contribution in [1.29, 1.82) is 0 Å². The van der Waals surface area contributed by atoms with Crippen LogP contribution in [0.5, 0.6) is 11.5 Å². The quantitative estimate of drug-likeness (QED) is 0.630. The predicted molar refractivity (Wildman–Crippen MR) is 86.4 cm³/mol. The van der Waals surface area contributed by atoms with E-state index in [9.17, 15) is 4.39 Å². The summed E-state index contributed by atoms with van der Waals surface area (Å²) in [5, 5.41) is -0.183. The van der Waals surface area contributed by atoms with Crippen molar-refractivity contribution in [3.05, 3.63) is 56.8 Å². The number of hydrogen-bond acceptors (Lipinski definition) is 2. The standard InChI is InChI=1S/C15H12BrCl2FO2/c1-20-13-6-11(12(17)7-14(13)21-2)15(18)8-3-9(16)5-10(19)4-8/h3-7,15H,1-2H3. The Hall–Kier alpha value is -0.970. The van der Waals surface area contributed by atoms with Crippen LogP contribution >= 0.6 is 39.1 Å². The highest BCUT2D eigenvalue weighted by molar-refractivity contribution is 9.10. The van der Waals surface area contributed by atoms with Crippen LogP contribution in [0.25, 0.3) is 0 Å². The number of rotatable bonds is 4. The largest absolute Gasteiger partial charge is 0.493 e. The van der Waals surface area contributed by atoms with Crippen LogP contribution in [0.4, 0.5) is 4.39 Å². The third-order valence-electron chi connectivity index (χ3n) is 2.95. The molecule has 0 radical (unpaired) electrons. The van der Waals surface area contributed by atoms with Gasteiger partial charge in [-0.2, -0.15) is 0 Å². The summed E-state index contributed by atoms with van der Waals surface area (Å²) in [6, 6.07) is 7.80. The molecule has 0 heterocycles. The summed E-state index contributed by atoms with van der Waals surface area (Å²) in [6.07, 6.45) is 0. The molecule has 0 fully saturated rings. The molecule has 21 heavy (non-hydrogen) atoms. The molecule has 2 aromatic rings. The molecule has 0 aromatic heterocycles. The van der Waals surface area contributed by atoms with E-state index in [0.717, 1.165) is 0 Å². The minimum atomic E-state index is -0.607. The lowest BCUT2D eigenvalue weighted by molar-refractivity contribution is 0.354. The Balaban J connectivity index is 2.49. The van der Waals surface area contributed by atoms with Crippen LogP contribution in [0, 0.1) is 5.82 Å². The normalized spacial score (nSPS) is 12.1. The van der Waals surface area contributed by atoms with Gasteiger partial charge in [-0.25, -0.2) is 4.39 Å². The van der Waals surface area contributed by atoms with Crippen LogP contribution in [0.1, 0.15) is 16.5 Å². The molecule has 112 valence electrons. The van der Waals surface area contributed by atoms with E-state index in [0.29, 0.717) is 32.1 Å².